The van der Waals surface area contributed by atoms with Crippen LogP contribution in [0.4, 0.5) is 0 Å². The normalized spacial score (nSPS) is 10.5. The first-order chi connectivity index (χ1) is 14.1. The lowest BCUT2D eigenvalue weighted by atomic mass is 10.1. The van der Waals surface area contributed by atoms with E-state index in [4.69, 9.17) is 18.7 Å². The SMILES string of the molecule is CCN(Cc1nc(-c2ccc(OC)cc2)no1)C(=O)c1c(OC)cccc1OC. The van der Waals surface area contributed by atoms with Crippen LogP contribution in [0.2, 0.25) is 0 Å². The summed E-state index contributed by atoms with van der Waals surface area (Å²) in [6, 6.07) is 12.5. The highest BCUT2D eigenvalue weighted by Crippen LogP contribution is 2.30. The van der Waals surface area contributed by atoms with E-state index in [1.165, 1.54) is 14.2 Å². The van der Waals surface area contributed by atoms with Gasteiger partial charge in [-0.1, -0.05) is 11.2 Å². The van der Waals surface area contributed by atoms with Crippen molar-refractivity contribution in [3.05, 3.63) is 53.9 Å². The Balaban J connectivity index is 1.82. The van der Waals surface area contributed by atoms with E-state index in [9.17, 15) is 4.79 Å². The maximum atomic E-state index is 13.1. The molecule has 0 fully saturated rings. The third kappa shape index (κ3) is 4.31. The number of hydrogen-bond acceptors (Lipinski definition) is 7. The summed E-state index contributed by atoms with van der Waals surface area (Å²) in [7, 11) is 4.64. The van der Waals surface area contributed by atoms with E-state index < -0.39 is 0 Å². The van der Waals surface area contributed by atoms with Gasteiger partial charge in [0.05, 0.1) is 21.3 Å². The van der Waals surface area contributed by atoms with Crippen molar-refractivity contribution in [3.8, 4) is 28.6 Å². The minimum atomic E-state index is -0.244. The van der Waals surface area contributed by atoms with Crippen LogP contribution >= 0.6 is 0 Å². The van der Waals surface area contributed by atoms with E-state index in [2.05, 4.69) is 10.1 Å². The van der Waals surface area contributed by atoms with E-state index >= 15 is 0 Å². The van der Waals surface area contributed by atoms with E-state index in [0.717, 1.165) is 11.3 Å². The molecule has 1 amide bonds. The lowest BCUT2D eigenvalue weighted by molar-refractivity contribution is 0.0727. The van der Waals surface area contributed by atoms with Crippen molar-refractivity contribution < 1.29 is 23.5 Å². The maximum absolute atomic E-state index is 13.1. The number of benzene rings is 2. The Morgan fingerprint density at radius 1 is 1.00 bits per heavy atom. The molecular formula is C21H23N3O5. The van der Waals surface area contributed by atoms with Crippen LogP contribution in [-0.4, -0.2) is 48.8 Å². The number of aromatic nitrogens is 2. The molecule has 0 aliphatic heterocycles. The van der Waals surface area contributed by atoms with Gasteiger partial charge in [-0.05, 0) is 43.3 Å². The molecule has 3 rings (SSSR count). The Kier molecular flexibility index (Phi) is 6.33. The second kappa shape index (κ2) is 9.09. The Morgan fingerprint density at radius 2 is 1.66 bits per heavy atom. The van der Waals surface area contributed by atoms with Gasteiger partial charge in [-0.3, -0.25) is 4.79 Å². The molecule has 0 saturated carbocycles. The molecule has 0 N–H and O–H groups in total. The number of rotatable bonds is 8. The molecule has 0 unspecified atom stereocenters. The number of ether oxygens (including phenoxy) is 3. The van der Waals surface area contributed by atoms with Crippen LogP contribution in [0.5, 0.6) is 17.2 Å². The van der Waals surface area contributed by atoms with Gasteiger partial charge in [0.15, 0.2) is 0 Å². The van der Waals surface area contributed by atoms with Crippen LogP contribution in [0.3, 0.4) is 0 Å². The van der Waals surface area contributed by atoms with Gasteiger partial charge in [0.25, 0.3) is 5.91 Å². The molecular weight excluding hydrogens is 374 g/mol. The Bertz CT molecular complexity index is 946. The second-order valence-corrected chi connectivity index (χ2v) is 6.10. The molecule has 8 heteroatoms. The Labute approximate surface area is 169 Å². The first-order valence-corrected chi connectivity index (χ1v) is 9.08. The zero-order valence-electron chi connectivity index (χ0n) is 16.8. The summed E-state index contributed by atoms with van der Waals surface area (Å²) in [5.74, 6) is 2.16. The molecule has 1 heterocycles. The molecule has 0 aliphatic carbocycles. The van der Waals surface area contributed by atoms with Crippen molar-refractivity contribution in [1.82, 2.24) is 15.0 Å². The van der Waals surface area contributed by atoms with E-state index in [-0.39, 0.29) is 12.5 Å². The molecule has 1 aromatic heterocycles. The van der Waals surface area contributed by atoms with Gasteiger partial charge >= 0.3 is 0 Å². The number of nitrogens with zero attached hydrogens (tertiary/aromatic N) is 3. The Morgan fingerprint density at radius 3 is 2.21 bits per heavy atom. The molecule has 0 saturated heterocycles. The first-order valence-electron chi connectivity index (χ1n) is 9.08. The zero-order chi connectivity index (χ0) is 20.8. The lowest BCUT2D eigenvalue weighted by Gasteiger charge is -2.21. The summed E-state index contributed by atoms with van der Waals surface area (Å²) in [5.41, 5.74) is 1.15. The van der Waals surface area contributed by atoms with Gasteiger partial charge in [0.2, 0.25) is 11.7 Å². The molecule has 2 aromatic carbocycles. The zero-order valence-corrected chi connectivity index (χ0v) is 16.8. The van der Waals surface area contributed by atoms with Gasteiger partial charge in [-0.15, -0.1) is 0 Å². The first kappa shape index (κ1) is 20.2. The smallest absolute Gasteiger partial charge is 0.261 e. The number of methoxy groups -OCH3 is 3. The standard InChI is InChI=1S/C21H23N3O5/c1-5-24(21(25)19-16(27-3)7-6-8-17(19)28-4)13-18-22-20(23-29-18)14-9-11-15(26-2)12-10-14/h6-12H,5,13H2,1-4H3. The van der Waals surface area contributed by atoms with Crippen molar-refractivity contribution in [3.63, 3.8) is 0 Å². The van der Waals surface area contributed by atoms with E-state index in [1.807, 2.05) is 31.2 Å². The van der Waals surface area contributed by atoms with E-state index in [1.54, 1.807) is 30.2 Å². The lowest BCUT2D eigenvalue weighted by Crippen LogP contribution is -2.31. The largest absolute Gasteiger partial charge is 0.497 e. The van der Waals surface area contributed by atoms with Crippen LogP contribution in [-0.2, 0) is 6.54 Å². The summed E-state index contributed by atoms with van der Waals surface area (Å²) >= 11 is 0. The molecule has 152 valence electrons. The van der Waals surface area contributed by atoms with Gasteiger partial charge in [-0.2, -0.15) is 4.98 Å². The Hall–Kier alpha value is -3.55. The van der Waals surface area contributed by atoms with Crippen molar-refractivity contribution in [2.75, 3.05) is 27.9 Å². The predicted molar refractivity (Wildman–Crippen MR) is 106 cm³/mol. The number of carbonyl (C=O) groups is 1. The van der Waals surface area contributed by atoms with E-state index in [0.29, 0.717) is 35.3 Å². The van der Waals surface area contributed by atoms with Crippen molar-refractivity contribution >= 4 is 5.91 Å². The van der Waals surface area contributed by atoms with Crippen LogP contribution in [0.1, 0.15) is 23.2 Å². The van der Waals surface area contributed by atoms with Gasteiger partial charge in [0.1, 0.15) is 29.4 Å². The summed E-state index contributed by atoms with van der Waals surface area (Å²) < 4.78 is 21.2. The van der Waals surface area contributed by atoms with Crippen LogP contribution < -0.4 is 14.2 Å². The van der Waals surface area contributed by atoms with Crippen molar-refractivity contribution in [1.29, 1.82) is 0 Å². The quantitative estimate of drug-likeness (QED) is 0.575. The second-order valence-electron chi connectivity index (χ2n) is 6.10. The van der Waals surface area contributed by atoms with Crippen LogP contribution in [0, 0.1) is 0 Å². The fourth-order valence-corrected chi connectivity index (χ4v) is 2.89. The minimum Gasteiger partial charge on any atom is -0.497 e. The summed E-state index contributed by atoms with van der Waals surface area (Å²) in [6.07, 6.45) is 0. The summed E-state index contributed by atoms with van der Waals surface area (Å²) in [5, 5.41) is 4.01. The molecule has 29 heavy (non-hydrogen) atoms. The molecule has 0 aliphatic rings. The fraction of sp³-hybridized carbons (Fsp3) is 0.286. The minimum absolute atomic E-state index is 0.166. The van der Waals surface area contributed by atoms with Crippen LogP contribution in [0.25, 0.3) is 11.4 Å². The summed E-state index contributed by atoms with van der Waals surface area (Å²) in [6.45, 7) is 2.49. The highest BCUT2D eigenvalue weighted by Gasteiger charge is 2.24. The molecule has 0 bridgehead atoms. The van der Waals surface area contributed by atoms with Gasteiger partial charge in [-0.25, -0.2) is 0 Å². The average Bonchev–Trinajstić information content (AvgIpc) is 3.25. The fourth-order valence-electron chi connectivity index (χ4n) is 2.89. The highest BCUT2D eigenvalue weighted by molar-refractivity contribution is 5.99. The predicted octanol–water partition coefficient (Wildman–Crippen LogP) is 3.42. The average molecular weight is 397 g/mol. The number of carbonyl (C=O) groups excluding carboxylic acids is 1. The summed E-state index contributed by atoms with van der Waals surface area (Å²) in [4.78, 5) is 19.1. The van der Waals surface area contributed by atoms with Crippen molar-refractivity contribution in [2.24, 2.45) is 0 Å². The molecule has 8 nitrogen and oxygen atoms in total. The third-order valence-electron chi connectivity index (χ3n) is 4.45. The van der Waals surface area contributed by atoms with Crippen molar-refractivity contribution in [2.45, 2.75) is 13.5 Å². The third-order valence-corrected chi connectivity index (χ3v) is 4.45. The van der Waals surface area contributed by atoms with Gasteiger partial charge < -0.3 is 23.6 Å². The molecule has 0 spiro atoms. The maximum Gasteiger partial charge on any atom is 0.261 e. The molecule has 0 atom stereocenters. The molecule has 3 aromatic rings. The number of hydrogen-bond donors (Lipinski definition) is 0. The topological polar surface area (TPSA) is 86.9 Å². The van der Waals surface area contributed by atoms with Gasteiger partial charge in [0, 0.05) is 12.1 Å². The van der Waals surface area contributed by atoms with Crippen LogP contribution in [0.15, 0.2) is 47.0 Å². The molecule has 0 radical (unpaired) electrons. The monoisotopic (exact) mass is 397 g/mol. The number of amides is 1. The highest BCUT2D eigenvalue weighted by atomic mass is 16.5.